The lowest BCUT2D eigenvalue weighted by Crippen LogP contribution is -2.63. The van der Waals surface area contributed by atoms with Crippen molar-refractivity contribution in [3.05, 3.63) is 0 Å². The van der Waals surface area contributed by atoms with Crippen LogP contribution in [-0.2, 0) is 9.53 Å². The Labute approximate surface area is 195 Å². The molecule has 1 heterocycles. The molecule has 0 radical (unpaired) electrons. The Kier molecular flexibility index (Phi) is 11.7. The molecule has 3 fully saturated rings. The van der Waals surface area contributed by atoms with E-state index in [1.807, 2.05) is 7.11 Å². The van der Waals surface area contributed by atoms with Crippen molar-refractivity contribution in [2.24, 2.45) is 17.8 Å². The minimum Gasteiger partial charge on any atom is -0.481 e. The first kappa shape index (κ1) is 25.9. The van der Waals surface area contributed by atoms with Gasteiger partial charge >= 0.3 is 5.97 Å². The van der Waals surface area contributed by atoms with Crippen LogP contribution in [0.15, 0.2) is 0 Å². The topological polar surface area (TPSA) is 94.7 Å². The lowest BCUT2D eigenvalue weighted by molar-refractivity contribution is -0.137. The number of methoxy groups -OCH3 is 1. The van der Waals surface area contributed by atoms with Crippen LogP contribution in [0.4, 0.5) is 0 Å². The quantitative estimate of drug-likeness (QED) is 0.274. The minimum absolute atomic E-state index is 0.269. The van der Waals surface area contributed by atoms with E-state index < -0.39 is 5.97 Å². The molecule has 1 aliphatic heterocycles. The summed E-state index contributed by atoms with van der Waals surface area (Å²) in [6.07, 6.45) is 15.5. The Bertz CT molecular complexity index is 511. The van der Waals surface area contributed by atoms with Crippen molar-refractivity contribution in [2.75, 3.05) is 33.3 Å². The molecular weight excluding hydrogens is 404 g/mol. The van der Waals surface area contributed by atoms with Crippen LogP contribution in [0, 0.1) is 17.8 Å². The van der Waals surface area contributed by atoms with Crippen molar-refractivity contribution in [2.45, 2.75) is 102 Å². The Balaban J connectivity index is 1.18. The van der Waals surface area contributed by atoms with Gasteiger partial charge in [-0.25, -0.2) is 0 Å². The summed E-state index contributed by atoms with van der Waals surface area (Å²) in [5, 5.41) is 23.5. The summed E-state index contributed by atoms with van der Waals surface area (Å²) in [4.78, 5) is 10.5. The molecule has 2 aliphatic carbocycles. The van der Waals surface area contributed by atoms with Gasteiger partial charge in [0.05, 0.1) is 6.10 Å². The van der Waals surface area contributed by atoms with Gasteiger partial charge in [-0.2, -0.15) is 0 Å². The van der Waals surface area contributed by atoms with Crippen LogP contribution >= 0.6 is 0 Å². The molecule has 3 rings (SSSR count). The smallest absolute Gasteiger partial charge is 0.303 e. The third-order valence-corrected chi connectivity index (χ3v) is 8.11. The number of carboxylic acids is 1. The fourth-order valence-electron chi connectivity index (χ4n) is 5.92. The molecule has 0 atom stereocenters. The summed E-state index contributed by atoms with van der Waals surface area (Å²) < 4.78 is 5.53. The van der Waals surface area contributed by atoms with Crippen molar-refractivity contribution in [1.82, 2.24) is 21.3 Å². The molecule has 0 aromatic carbocycles. The van der Waals surface area contributed by atoms with Crippen LogP contribution in [0.3, 0.4) is 0 Å². The van der Waals surface area contributed by atoms with Gasteiger partial charge in [-0.05, 0) is 101 Å². The van der Waals surface area contributed by atoms with E-state index in [0.717, 1.165) is 63.2 Å². The van der Waals surface area contributed by atoms with Gasteiger partial charge in [-0.3, -0.25) is 20.7 Å². The molecular formula is C25H48N4O3. The normalized spacial score (nSPS) is 33.8. The number of ether oxygens (including phenoxy) is 1. The first-order valence-electron chi connectivity index (χ1n) is 13.3. The maximum Gasteiger partial charge on any atom is 0.303 e. The van der Waals surface area contributed by atoms with Crippen molar-refractivity contribution >= 4 is 5.97 Å². The predicted octanol–water partition coefficient (Wildman–Crippen LogP) is 3.06. The molecule has 0 aromatic heterocycles. The Hall–Kier alpha value is -0.730. The van der Waals surface area contributed by atoms with Crippen LogP contribution < -0.4 is 21.3 Å². The highest BCUT2D eigenvalue weighted by molar-refractivity contribution is 5.66. The van der Waals surface area contributed by atoms with Gasteiger partial charge in [-0.15, -0.1) is 0 Å². The standard InChI is InChI=1S/C25H48N4O3/c1-32-23-12-8-20(9-13-23)21-17-27-25(28-18-21)29-22-10-6-19(7-11-22)14-16-26-15-4-2-3-5-24(30)31/h19-23,25-29H,2-18H2,1H3,(H,30,31). The summed E-state index contributed by atoms with van der Waals surface area (Å²) in [7, 11) is 1.85. The van der Waals surface area contributed by atoms with Gasteiger partial charge < -0.3 is 15.2 Å². The second kappa shape index (κ2) is 14.5. The number of hydrogen-bond acceptors (Lipinski definition) is 6. The molecule has 0 spiro atoms. The lowest BCUT2D eigenvalue weighted by atomic mass is 9.78. The van der Waals surface area contributed by atoms with Crippen molar-refractivity contribution < 1.29 is 14.6 Å². The number of nitrogens with one attached hydrogen (secondary N) is 4. The van der Waals surface area contributed by atoms with Gasteiger partial charge in [0.15, 0.2) is 0 Å². The lowest BCUT2D eigenvalue weighted by Gasteiger charge is -2.40. The monoisotopic (exact) mass is 452 g/mol. The minimum atomic E-state index is -0.678. The van der Waals surface area contributed by atoms with Gasteiger partial charge in [-0.1, -0.05) is 6.42 Å². The third kappa shape index (κ3) is 9.26. The maximum absolute atomic E-state index is 10.5. The van der Waals surface area contributed by atoms with E-state index in [1.54, 1.807) is 0 Å². The van der Waals surface area contributed by atoms with Crippen LogP contribution in [0.25, 0.3) is 0 Å². The zero-order chi connectivity index (χ0) is 22.6. The first-order valence-corrected chi connectivity index (χ1v) is 13.3. The maximum atomic E-state index is 10.5. The number of aliphatic carboxylic acids is 1. The fourth-order valence-corrected chi connectivity index (χ4v) is 5.92. The molecule has 0 aromatic rings. The Morgan fingerprint density at radius 1 is 0.906 bits per heavy atom. The van der Waals surface area contributed by atoms with E-state index >= 15 is 0 Å². The highest BCUT2D eigenvalue weighted by Crippen LogP contribution is 2.32. The van der Waals surface area contributed by atoms with Gasteiger partial charge in [0, 0.05) is 32.7 Å². The number of hydrogen-bond donors (Lipinski definition) is 5. The zero-order valence-corrected chi connectivity index (χ0v) is 20.2. The Morgan fingerprint density at radius 3 is 2.28 bits per heavy atom. The van der Waals surface area contributed by atoms with Gasteiger partial charge in [0.2, 0.25) is 0 Å². The summed E-state index contributed by atoms with van der Waals surface area (Å²) in [6, 6.07) is 0.632. The molecule has 186 valence electrons. The number of unbranched alkanes of at least 4 members (excludes halogenated alkanes) is 2. The fraction of sp³-hybridized carbons (Fsp3) is 0.960. The van der Waals surface area contributed by atoms with Gasteiger partial charge in [0.25, 0.3) is 0 Å². The van der Waals surface area contributed by atoms with E-state index in [4.69, 9.17) is 9.84 Å². The first-order chi connectivity index (χ1) is 15.6. The van der Waals surface area contributed by atoms with E-state index in [0.29, 0.717) is 18.6 Å². The predicted molar refractivity (Wildman–Crippen MR) is 129 cm³/mol. The molecule has 2 saturated carbocycles. The molecule has 32 heavy (non-hydrogen) atoms. The molecule has 7 heteroatoms. The van der Waals surface area contributed by atoms with Crippen molar-refractivity contribution in [3.63, 3.8) is 0 Å². The summed E-state index contributed by atoms with van der Waals surface area (Å²) in [5.41, 5.74) is 0. The zero-order valence-electron chi connectivity index (χ0n) is 20.2. The third-order valence-electron chi connectivity index (χ3n) is 8.11. The van der Waals surface area contributed by atoms with Crippen molar-refractivity contribution in [3.8, 4) is 0 Å². The van der Waals surface area contributed by atoms with E-state index in [1.165, 1.54) is 57.8 Å². The average Bonchev–Trinajstić information content (AvgIpc) is 2.82. The number of carbonyl (C=O) groups is 1. The van der Waals surface area contributed by atoms with Gasteiger partial charge in [0.1, 0.15) is 6.29 Å². The van der Waals surface area contributed by atoms with Crippen molar-refractivity contribution in [1.29, 1.82) is 0 Å². The summed E-state index contributed by atoms with van der Waals surface area (Å²) >= 11 is 0. The highest BCUT2D eigenvalue weighted by Gasteiger charge is 2.31. The van der Waals surface area contributed by atoms with Crippen LogP contribution in [-0.4, -0.2) is 62.8 Å². The van der Waals surface area contributed by atoms with E-state index in [-0.39, 0.29) is 6.29 Å². The molecule has 1 saturated heterocycles. The summed E-state index contributed by atoms with van der Waals surface area (Å²) in [5.74, 6) is 1.77. The SMILES string of the molecule is COC1CCC(C2CNC(NC3CCC(CCNCCCCCC(=O)O)CC3)NC2)CC1. The average molecular weight is 453 g/mol. The highest BCUT2D eigenvalue weighted by atomic mass is 16.5. The van der Waals surface area contributed by atoms with Crippen LogP contribution in [0.1, 0.15) is 83.5 Å². The molecule has 0 amide bonds. The van der Waals surface area contributed by atoms with Crippen LogP contribution in [0.2, 0.25) is 0 Å². The largest absolute Gasteiger partial charge is 0.481 e. The van der Waals surface area contributed by atoms with E-state index in [2.05, 4.69) is 21.3 Å². The van der Waals surface area contributed by atoms with E-state index in [9.17, 15) is 4.79 Å². The number of carboxylic acid groups (broad SMARTS) is 1. The molecule has 7 nitrogen and oxygen atoms in total. The summed E-state index contributed by atoms with van der Waals surface area (Å²) in [6.45, 7) is 4.38. The second-order valence-corrected chi connectivity index (χ2v) is 10.4. The second-order valence-electron chi connectivity index (χ2n) is 10.4. The molecule has 5 N–H and O–H groups in total. The van der Waals surface area contributed by atoms with Crippen LogP contribution in [0.5, 0.6) is 0 Å². The number of rotatable bonds is 13. The molecule has 0 unspecified atom stereocenters. The molecule has 3 aliphatic rings. The Morgan fingerprint density at radius 2 is 1.62 bits per heavy atom. The molecule has 0 bridgehead atoms.